The molecule has 0 unspecified atom stereocenters. The Morgan fingerprint density at radius 2 is 1.17 bits per heavy atom. The zero-order valence-electron chi connectivity index (χ0n) is 19.0. The Labute approximate surface area is 183 Å². The number of hydrogen-bond acceptors (Lipinski definition) is 2. The molecule has 0 fully saturated rings. The first-order chi connectivity index (χ1) is 14.3. The molecule has 0 atom stereocenters. The van der Waals surface area contributed by atoms with Crippen LogP contribution < -0.4 is 0 Å². The van der Waals surface area contributed by atoms with Gasteiger partial charge in [0.05, 0.1) is 0 Å². The second kappa shape index (κ2) is 14.6. The van der Waals surface area contributed by atoms with Crippen LogP contribution in [-0.4, -0.2) is 17.5 Å². The van der Waals surface area contributed by atoms with Gasteiger partial charge in [-0.3, -0.25) is 9.11 Å². The third kappa shape index (κ3) is 10.6. The fraction of sp³-hybridized carbons (Fsp3) is 0.600. The average molecular weight is 437 g/mol. The first kappa shape index (κ1) is 26.6. The summed E-state index contributed by atoms with van der Waals surface area (Å²) < 4.78 is 31.6. The minimum atomic E-state index is -4.67. The third-order valence-corrected chi connectivity index (χ3v) is 5.48. The van der Waals surface area contributed by atoms with Gasteiger partial charge in [0.2, 0.25) is 0 Å². The molecule has 0 bridgehead atoms. The van der Waals surface area contributed by atoms with Gasteiger partial charge in [0.25, 0.3) is 0 Å². The van der Waals surface area contributed by atoms with E-state index in [1.807, 2.05) is 0 Å². The van der Waals surface area contributed by atoms with Crippen molar-refractivity contribution in [3.63, 3.8) is 0 Å². The van der Waals surface area contributed by atoms with E-state index in [0.29, 0.717) is 0 Å². The van der Waals surface area contributed by atoms with Crippen molar-refractivity contribution >= 4 is 21.2 Å². The molecule has 5 heteroatoms. The number of hydrogen-bond donors (Lipinski definition) is 2. The molecule has 2 aromatic carbocycles. The van der Waals surface area contributed by atoms with Crippen LogP contribution in [0.2, 0.25) is 0 Å². The maximum atomic E-state index is 8.74. The first-order valence-corrected chi connectivity index (χ1v) is 12.9. The quantitative estimate of drug-likeness (QED) is 0.269. The number of fused-ring (bicyclic) bond motifs is 1. The Morgan fingerprint density at radius 3 is 1.70 bits per heavy atom. The van der Waals surface area contributed by atoms with Gasteiger partial charge in [-0.25, -0.2) is 0 Å². The van der Waals surface area contributed by atoms with E-state index in [1.165, 1.54) is 87.8 Å². The summed E-state index contributed by atoms with van der Waals surface area (Å²) in [5, 5.41) is 2.98. The summed E-state index contributed by atoms with van der Waals surface area (Å²) in [6.07, 6.45) is 15.8. The Balaban J connectivity index is 0.000000804. The topological polar surface area (TPSA) is 74.6 Å². The number of rotatable bonds is 12. The minimum absolute atomic E-state index is 1.26. The molecule has 0 amide bonds. The molecule has 0 aliphatic carbocycles. The van der Waals surface area contributed by atoms with Gasteiger partial charge in [-0.1, -0.05) is 89.6 Å². The summed E-state index contributed by atoms with van der Waals surface area (Å²) in [5.74, 6) is 0. The number of unbranched alkanes of at least 4 members (excludes halogenated alkanes) is 6. The fourth-order valence-corrected chi connectivity index (χ4v) is 4.02. The van der Waals surface area contributed by atoms with Crippen molar-refractivity contribution in [2.24, 2.45) is 0 Å². The van der Waals surface area contributed by atoms with E-state index in [-0.39, 0.29) is 0 Å². The van der Waals surface area contributed by atoms with Crippen molar-refractivity contribution in [1.82, 2.24) is 0 Å². The van der Waals surface area contributed by atoms with Crippen molar-refractivity contribution < 1.29 is 17.5 Å². The molecule has 0 aliphatic heterocycles. The van der Waals surface area contributed by atoms with Crippen LogP contribution in [0.5, 0.6) is 0 Å². The lowest BCUT2D eigenvalue weighted by atomic mass is 9.86. The van der Waals surface area contributed by atoms with Crippen molar-refractivity contribution in [1.29, 1.82) is 0 Å². The Hall–Kier alpha value is -1.43. The van der Waals surface area contributed by atoms with Crippen LogP contribution in [0.25, 0.3) is 10.8 Å². The van der Waals surface area contributed by atoms with Crippen LogP contribution in [0.1, 0.15) is 95.2 Å². The van der Waals surface area contributed by atoms with E-state index in [0.717, 1.165) is 0 Å². The van der Waals surface area contributed by atoms with E-state index in [9.17, 15) is 0 Å². The predicted octanol–water partition coefficient (Wildman–Crippen LogP) is 7.39. The lowest BCUT2D eigenvalue weighted by Gasteiger charge is -2.19. The standard InChI is InChI=1S/C25H38.H2O4S/c1-4-7-10-15-21-20-22-16-13-14-18-24(22)25(19-12-9-6-3)23(21)17-11-8-5-2;1-5(2,3)4/h13-14,16,18,20H,4-12,15,17,19H2,1-3H3;(H2,1,2,3,4). The predicted molar refractivity (Wildman–Crippen MR) is 128 cm³/mol. The molecule has 0 radical (unpaired) electrons. The summed E-state index contributed by atoms with van der Waals surface area (Å²) in [5.41, 5.74) is 5.03. The molecule has 4 nitrogen and oxygen atoms in total. The molecule has 2 aromatic rings. The molecule has 0 saturated carbocycles. The Morgan fingerprint density at radius 1 is 0.700 bits per heavy atom. The molecule has 0 spiro atoms. The fourth-order valence-electron chi connectivity index (χ4n) is 4.02. The van der Waals surface area contributed by atoms with Gasteiger partial charge >= 0.3 is 10.4 Å². The SMILES string of the molecule is CCCCCc1cc2ccccc2c(CCCCC)c1CCCCC.O=S(=O)(O)O. The average Bonchev–Trinajstić information content (AvgIpc) is 2.68. The van der Waals surface area contributed by atoms with E-state index < -0.39 is 10.4 Å². The van der Waals surface area contributed by atoms with Gasteiger partial charge in [0.1, 0.15) is 0 Å². The summed E-state index contributed by atoms with van der Waals surface area (Å²) >= 11 is 0. The highest BCUT2D eigenvalue weighted by Gasteiger charge is 2.13. The highest BCUT2D eigenvalue weighted by atomic mass is 32.3. The van der Waals surface area contributed by atoms with Crippen molar-refractivity contribution in [2.75, 3.05) is 0 Å². The largest absolute Gasteiger partial charge is 0.394 e. The molecule has 2 N–H and O–H groups in total. The summed E-state index contributed by atoms with van der Waals surface area (Å²) in [6.45, 7) is 6.92. The lowest BCUT2D eigenvalue weighted by molar-refractivity contribution is 0.381. The van der Waals surface area contributed by atoms with Crippen LogP contribution >= 0.6 is 0 Å². The molecular weight excluding hydrogens is 396 g/mol. The van der Waals surface area contributed by atoms with E-state index in [1.54, 1.807) is 16.7 Å². The zero-order valence-corrected chi connectivity index (χ0v) is 19.8. The van der Waals surface area contributed by atoms with E-state index in [2.05, 4.69) is 51.1 Å². The Kier molecular flexibility index (Phi) is 12.9. The maximum Gasteiger partial charge on any atom is 0.394 e. The van der Waals surface area contributed by atoms with Crippen molar-refractivity contribution in [3.05, 3.63) is 47.0 Å². The lowest BCUT2D eigenvalue weighted by Crippen LogP contribution is -2.03. The smallest absolute Gasteiger partial charge is 0.264 e. The third-order valence-electron chi connectivity index (χ3n) is 5.48. The minimum Gasteiger partial charge on any atom is -0.264 e. The molecular formula is C25H40O4S. The maximum absolute atomic E-state index is 8.74. The highest BCUT2D eigenvalue weighted by Crippen LogP contribution is 2.30. The molecule has 0 heterocycles. The van der Waals surface area contributed by atoms with Gasteiger partial charge in [0, 0.05) is 0 Å². The van der Waals surface area contributed by atoms with Crippen LogP contribution in [-0.2, 0) is 29.7 Å². The second-order valence-electron chi connectivity index (χ2n) is 8.03. The molecule has 0 aromatic heterocycles. The van der Waals surface area contributed by atoms with Crippen LogP contribution in [0.4, 0.5) is 0 Å². The number of benzene rings is 2. The number of aryl methyl sites for hydroxylation is 2. The van der Waals surface area contributed by atoms with Crippen LogP contribution in [0, 0.1) is 0 Å². The van der Waals surface area contributed by atoms with E-state index in [4.69, 9.17) is 17.5 Å². The van der Waals surface area contributed by atoms with Gasteiger partial charge in [-0.15, -0.1) is 0 Å². The van der Waals surface area contributed by atoms with Gasteiger partial charge in [0.15, 0.2) is 0 Å². The van der Waals surface area contributed by atoms with Crippen LogP contribution in [0.15, 0.2) is 30.3 Å². The van der Waals surface area contributed by atoms with Crippen LogP contribution in [0.3, 0.4) is 0 Å². The Bertz CT molecular complexity index is 836. The summed E-state index contributed by atoms with van der Waals surface area (Å²) in [4.78, 5) is 0. The van der Waals surface area contributed by atoms with Gasteiger partial charge < -0.3 is 0 Å². The second-order valence-corrected chi connectivity index (χ2v) is 8.93. The molecule has 0 aliphatic rings. The normalized spacial score (nSPS) is 11.4. The monoisotopic (exact) mass is 436 g/mol. The van der Waals surface area contributed by atoms with Crippen molar-refractivity contribution in [3.8, 4) is 0 Å². The summed E-state index contributed by atoms with van der Waals surface area (Å²) in [6, 6.07) is 11.6. The summed E-state index contributed by atoms with van der Waals surface area (Å²) in [7, 11) is -4.67. The zero-order chi connectivity index (χ0) is 22.4. The highest BCUT2D eigenvalue weighted by molar-refractivity contribution is 7.79. The molecule has 0 saturated heterocycles. The molecule has 170 valence electrons. The van der Waals surface area contributed by atoms with Gasteiger partial charge in [-0.05, 0) is 66.0 Å². The van der Waals surface area contributed by atoms with Crippen molar-refractivity contribution in [2.45, 2.75) is 97.8 Å². The first-order valence-electron chi connectivity index (χ1n) is 11.5. The molecule has 2 rings (SSSR count). The van der Waals surface area contributed by atoms with Gasteiger partial charge in [-0.2, -0.15) is 8.42 Å². The van der Waals surface area contributed by atoms with E-state index >= 15 is 0 Å². The molecule has 30 heavy (non-hydrogen) atoms.